The third kappa shape index (κ3) is 9.35. The molecule has 3 N–H and O–H groups in total. The Kier molecular flexibility index (Phi) is 12.4. The molecule has 49 heavy (non-hydrogen) atoms. The zero-order chi connectivity index (χ0) is 36.0. The third-order valence-corrected chi connectivity index (χ3v) is 11.2. The van der Waals surface area contributed by atoms with Gasteiger partial charge in [-0.05, 0) is 60.1 Å². The summed E-state index contributed by atoms with van der Waals surface area (Å²) in [6.07, 6.45) is -1.13. The monoisotopic (exact) mass is 715 g/mol. The van der Waals surface area contributed by atoms with E-state index < -0.39 is 39.0 Å². The number of aliphatic hydroxyl groups excluding tert-OH is 1. The van der Waals surface area contributed by atoms with E-state index in [0.29, 0.717) is 17.7 Å². The molecule has 0 bridgehead atoms. The van der Waals surface area contributed by atoms with Crippen LogP contribution in [0.25, 0.3) is 0 Å². The molecule has 2 aromatic carbocycles. The highest BCUT2D eigenvalue weighted by atomic mass is 32.2. The molecule has 1 saturated heterocycles. The number of aliphatic hydroxyl groups is 1. The quantitative estimate of drug-likeness (QED) is 0.145. The minimum Gasteiger partial charge on any atom is -0.508 e. The number of hydrogen-bond acceptors (Lipinski definition) is 9. The van der Waals surface area contributed by atoms with Crippen molar-refractivity contribution in [2.45, 2.75) is 70.7 Å². The van der Waals surface area contributed by atoms with Gasteiger partial charge in [-0.1, -0.05) is 69.4 Å². The molecular formula is C34H45N5O8S2. The topological polar surface area (TPSA) is 174 Å². The van der Waals surface area contributed by atoms with Crippen molar-refractivity contribution in [2.24, 2.45) is 11.8 Å². The number of nitrogens with one attached hydrogen (secondary N) is 1. The largest absolute Gasteiger partial charge is 0.508 e. The molecule has 0 aliphatic carbocycles. The third-order valence-electron chi connectivity index (χ3n) is 8.41. The number of aryl methyl sites for hydroxylation is 1. The molecule has 1 aliphatic rings. The maximum absolute atomic E-state index is 14.1. The zero-order valence-corrected chi connectivity index (χ0v) is 30.0. The number of nitrogens with zero attached hydrogens (tertiary/aromatic N) is 4. The van der Waals surface area contributed by atoms with Crippen LogP contribution in [0.1, 0.15) is 44.4 Å². The van der Waals surface area contributed by atoms with Gasteiger partial charge < -0.3 is 25.3 Å². The number of rotatable bonds is 16. The summed E-state index contributed by atoms with van der Waals surface area (Å²) in [4.78, 5) is 41.3. The fraction of sp³-hybridized carbons (Fsp3) is 0.471. The Bertz CT molecular complexity index is 1730. The number of aromatic hydroxyl groups is 1. The van der Waals surface area contributed by atoms with Crippen LogP contribution < -0.4 is 5.32 Å². The summed E-state index contributed by atoms with van der Waals surface area (Å²) >= 11 is 0.988. The minimum absolute atomic E-state index is 0.0149. The van der Waals surface area contributed by atoms with Crippen molar-refractivity contribution in [1.29, 1.82) is 0 Å². The molecule has 1 fully saturated rings. The van der Waals surface area contributed by atoms with E-state index in [1.54, 1.807) is 17.2 Å². The van der Waals surface area contributed by atoms with E-state index in [2.05, 4.69) is 5.32 Å². The molecular weight excluding hydrogens is 671 g/mol. The first-order valence-corrected chi connectivity index (χ1v) is 18.5. The maximum Gasteiger partial charge on any atom is 0.324 e. The van der Waals surface area contributed by atoms with Gasteiger partial charge in [-0.25, -0.2) is 13.2 Å². The first kappa shape index (κ1) is 37.8. The molecule has 15 heteroatoms. The number of sulfonamides is 1. The number of nitro groups is 1. The summed E-state index contributed by atoms with van der Waals surface area (Å²) in [5.74, 6) is -0.910. The minimum atomic E-state index is -4.10. The van der Waals surface area contributed by atoms with Gasteiger partial charge in [0.1, 0.15) is 11.8 Å². The van der Waals surface area contributed by atoms with Crippen LogP contribution >= 0.6 is 11.3 Å². The number of carbonyl (C=O) groups excluding carboxylic acids is 2. The maximum atomic E-state index is 14.1. The Balaban J connectivity index is 1.57. The molecule has 1 aromatic heterocycles. The number of thiophene rings is 1. The number of phenolic OH excluding ortho intramolecular Hbond substituents is 1. The van der Waals surface area contributed by atoms with Crippen LogP contribution in [-0.2, 0) is 27.8 Å². The van der Waals surface area contributed by atoms with Crippen LogP contribution in [-0.4, -0.2) is 94.0 Å². The van der Waals surface area contributed by atoms with Crippen molar-refractivity contribution >= 4 is 38.3 Å². The van der Waals surface area contributed by atoms with Gasteiger partial charge in [-0.2, -0.15) is 4.31 Å². The number of hydrogen-bond donors (Lipinski definition) is 3. The molecule has 3 atom stereocenters. The number of carbonyl (C=O) groups is 2. The van der Waals surface area contributed by atoms with Gasteiger partial charge in [0.15, 0.2) is 0 Å². The Labute approximate surface area is 291 Å². The van der Waals surface area contributed by atoms with Crippen LogP contribution in [0.15, 0.2) is 64.9 Å². The van der Waals surface area contributed by atoms with Gasteiger partial charge >= 0.3 is 11.0 Å². The van der Waals surface area contributed by atoms with Gasteiger partial charge in [0, 0.05) is 44.2 Å². The van der Waals surface area contributed by atoms with E-state index in [4.69, 9.17) is 0 Å². The SMILES string of the molecule is Cc1cc(S(=O)(=O)N(CC(C)C)C[C@@H](O)[C@H](Cc2ccccc2)NC(=O)[C@H](C(C)C)N2CCN(Cc3csc([N+](=O)[O-])c3)C2=O)ccc1O. The molecule has 1 aliphatic heterocycles. The lowest BCUT2D eigenvalue weighted by Gasteiger charge is -2.34. The predicted octanol–water partition coefficient (Wildman–Crippen LogP) is 4.37. The Morgan fingerprint density at radius 2 is 1.76 bits per heavy atom. The molecule has 0 spiro atoms. The van der Waals surface area contributed by atoms with E-state index in [0.717, 1.165) is 16.9 Å². The van der Waals surface area contributed by atoms with E-state index in [1.165, 1.54) is 33.5 Å². The molecule has 0 saturated carbocycles. The Morgan fingerprint density at radius 1 is 1.06 bits per heavy atom. The van der Waals surface area contributed by atoms with Crippen molar-refractivity contribution in [1.82, 2.24) is 19.4 Å². The fourth-order valence-electron chi connectivity index (χ4n) is 5.94. The van der Waals surface area contributed by atoms with Crippen molar-refractivity contribution in [3.8, 4) is 5.75 Å². The van der Waals surface area contributed by atoms with E-state index in [-0.39, 0.29) is 66.1 Å². The molecule has 13 nitrogen and oxygen atoms in total. The van der Waals surface area contributed by atoms with Gasteiger partial charge in [-0.3, -0.25) is 14.9 Å². The van der Waals surface area contributed by atoms with Gasteiger partial charge in [0.2, 0.25) is 15.9 Å². The van der Waals surface area contributed by atoms with Crippen LogP contribution in [0.3, 0.4) is 0 Å². The summed E-state index contributed by atoms with van der Waals surface area (Å²) in [6, 6.07) is 12.5. The highest BCUT2D eigenvalue weighted by Crippen LogP contribution is 2.27. The van der Waals surface area contributed by atoms with Crippen LogP contribution in [0.5, 0.6) is 5.75 Å². The van der Waals surface area contributed by atoms with Crippen LogP contribution in [0.2, 0.25) is 0 Å². The summed E-state index contributed by atoms with van der Waals surface area (Å²) in [5, 5.41) is 37.4. The van der Waals surface area contributed by atoms with Crippen LogP contribution in [0.4, 0.5) is 9.80 Å². The van der Waals surface area contributed by atoms with Crippen molar-refractivity contribution in [2.75, 3.05) is 26.2 Å². The second kappa shape index (κ2) is 16.1. The number of urea groups is 1. The average molecular weight is 716 g/mol. The lowest BCUT2D eigenvalue weighted by atomic mass is 9.97. The second-order valence-corrected chi connectivity index (χ2v) is 16.0. The van der Waals surface area contributed by atoms with Gasteiger partial charge in [0.05, 0.1) is 22.0 Å². The Hall–Kier alpha value is -4.05. The summed E-state index contributed by atoms with van der Waals surface area (Å²) in [5.41, 5.74) is 1.84. The first-order chi connectivity index (χ1) is 23.1. The second-order valence-electron chi connectivity index (χ2n) is 13.2. The summed E-state index contributed by atoms with van der Waals surface area (Å²) < 4.78 is 28.9. The normalized spacial score (nSPS) is 15.7. The van der Waals surface area contributed by atoms with Crippen molar-refractivity contribution in [3.05, 3.63) is 86.8 Å². The molecule has 3 aromatic rings. The predicted molar refractivity (Wildman–Crippen MR) is 187 cm³/mol. The van der Waals surface area contributed by atoms with Crippen molar-refractivity contribution < 1.29 is 33.1 Å². The molecule has 4 rings (SSSR count). The Morgan fingerprint density at radius 3 is 2.35 bits per heavy atom. The highest BCUT2D eigenvalue weighted by molar-refractivity contribution is 7.89. The number of benzene rings is 2. The van der Waals surface area contributed by atoms with E-state index in [1.807, 2.05) is 58.0 Å². The number of amides is 3. The molecule has 3 amide bonds. The number of phenols is 1. The standard InChI is InChI=1S/C34H45N5O8S2/c1-22(2)18-37(49(46,47)27-11-12-29(40)24(5)15-27)20-30(41)28(16-25-9-7-6-8-10-25)35-33(42)32(23(3)4)38-14-13-36(34(38)43)19-26-17-31(39(44)45)48-21-26/h6-12,15,17,21-23,28,30,32,40-41H,13-14,16,18-20H2,1-5H3,(H,35,42)/t28-,30+,32-/m0/s1. The van der Waals surface area contributed by atoms with E-state index >= 15 is 0 Å². The first-order valence-electron chi connectivity index (χ1n) is 16.2. The molecule has 0 unspecified atom stereocenters. The lowest BCUT2D eigenvalue weighted by Crippen LogP contribution is -2.57. The summed E-state index contributed by atoms with van der Waals surface area (Å²) in [7, 11) is -4.10. The smallest absolute Gasteiger partial charge is 0.324 e. The molecule has 0 radical (unpaired) electrons. The fourth-order valence-corrected chi connectivity index (χ4v) is 8.37. The van der Waals surface area contributed by atoms with Crippen molar-refractivity contribution in [3.63, 3.8) is 0 Å². The molecule has 2 heterocycles. The highest BCUT2D eigenvalue weighted by Gasteiger charge is 2.40. The van der Waals surface area contributed by atoms with Gasteiger partial charge in [0.25, 0.3) is 0 Å². The summed E-state index contributed by atoms with van der Waals surface area (Å²) in [6.45, 7) is 9.52. The van der Waals surface area contributed by atoms with E-state index in [9.17, 15) is 38.3 Å². The average Bonchev–Trinajstić information content (AvgIpc) is 3.65. The molecule has 266 valence electrons. The lowest BCUT2D eigenvalue weighted by molar-refractivity contribution is -0.380. The zero-order valence-electron chi connectivity index (χ0n) is 28.4. The van der Waals surface area contributed by atoms with Crippen LogP contribution in [0, 0.1) is 28.9 Å². The van der Waals surface area contributed by atoms with Gasteiger partial charge in [-0.15, -0.1) is 0 Å².